The fourth-order valence-electron chi connectivity index (χ4n) is 3.26. The Balaban J connectivity index is 2.37. The molecule has 35 heavy (non-hydrogen) atoms. The molecule has 23 heteroatoms. The molecule has 0 bridgehead atoms. The van der Waals surface area contributed by atoms with Crippen LogP contribution in [0.2, 0.25) is 0 Å². The average Bonchev–Trinajstić information content (AvgIpc) is 2.69. The fraction of sp³-hybridized carbons (Fsp3) is 1.00. The molecule has 0 aliphatic carbocycles. The first-order chi connectivity index (χ1) is 15.8. The number of ether oxygens (including phenoxy) is 3. The van der Waals surface area contributed by atoms with Crippen molar-refractivity contribution < 1.29 is 87.0 Å². The summed E-state index contributed by atoms with van der Waals surface area (Å²) in [4.78, 5) is 0. The summed E-state index contributed by atoms with van der Waals surface area (Å²) in [5, 5.41) is 50.2. The molecule has 9 N–H and O–H groups in total. The van der Waals surface area contributed by atoms with Crippen LogP contribution < -0.4 is 4.72 Å². The summed E-state index contributed by atoms with van der Waals surface area (Å²) in [5.74, 6) is 0. The zero-order valence-electron chi connectivity index (χ0n) is 17.0. The van der Waals surface area contributed by atoms with Crippen LogP contribution in [0.3, 0.4) is 0 Å². The summed E-state index contributed by atoms with van der Waals surface area (Å²) in [5.41, 5.74) is 0. The molecular weight excluding hydrogens is 558 g/mol. The van der Waals surface area contributed by atoms with E-state index in [9.17, 15) is 50.8 Å². The first-order valence-electron chi connectivity index (χ1n) is 9.14. The highest BCUT2D eigenvalue weighted by molar-refractivity contribution is 7.83. The molecule has 2 heterocycles. The molecule has 0 saturated carbocycles. The van der Waals surface area contributed by atoms with Crippen LogP contribution in [-0.4, -0.2) is 139 Å². The van der Waals surface area contributed by atoms with Gasteiger partial charge in [-0.25, -0.2) is 8.37 Å². The molecule has 2 saturated heterocycles. The SMILES string of the molecule is O=S(=O)(O)N[C@H]1[C@@H](O[C@H]2[C@H](O)[C@@H](OS(=O)(=O)O)[C@H](O)O[C@@H]2CO)O[C@H](COS(=O)(=O)O)[C@@H](O)[C@@H]1O. The molecular formula is C12H23NO19S3. The number of aliphatic hydroxyl groups excluding tert-OH is 5. The van der Waals surface area contributed by atoms with Crippen molar-refractivity contribution in [1.29, 1.82) is 0 Å². The van der Waals surface area contributed by atoms with Gasteiger partial charge in [0.25, 0.3) is 0 Å². The first-order valence-corrected chi connectivity index (χ1v) is 13.3. The molecule has 2 rings (SSSR count). The quantitative estimate of drug-likeness (QED) is 0.108. The van der Waals surface area contributed by atoms with Crippen LogP contribution in [0.15, 0.2) is 0 Å². The Morgan fingerprint density at radius 3 is 1.86 bits per heavy atom. The first kappa shape index (κ1) is 30.5. The second-order valence-electron chi connectivity index (χ2n) is 7.18. The molecule has 0 aromatic heterocycles. The van der Waals surface area contributed by atoms with E-state index in [1.165, 1.54) is 4.72 Å². The number of aliphatic hydroxyl groups is 5. The Labute approximate surface area is 197 Å². The maximum Gasteiger partial charge on any atom is 0.397 e. The van der Waals surface area contributed by atoms with E-state index in [1.54, 1.807) is 0 Å². The van der Waals surface area contributed by atoms with Gasteiger partial charge >= 0.3 is 31.1 Å². The molecule has 2 fully saturated rings. The summed E-state index contributed by atoms with van der Waals surface area (Å²) in [6.45, 7) is -2.21. The zero-order valence-corrected chi connectivity index (χ0v) is 19.4. The third-order valence-corrected chi connectivity index (χ3v) is 6.18. The van der Waals surface area contributed by atoms with E-state index in [0.29, 0.717) is 0 Å². The van der Waals surface area contributed by atoms with E-state index >= 15 is 0 Å². The summed E-state index contributed by atoms with van der Waals surface area (Å²) >= 11 is 0. The van der Waals surface area contributed by atoms with Gasteiger partial charge in [-0.2, -0.15) is 30.0 Å². The lowest BCUT2D eigenvalue weighted by atomic mass is 9.96. The van der Waals surface area contributed by atoms with Gasteiger partial charge in [0.15, 0.2) is 18.7 Å². The topological polar surface area (TPSA) is 322 Å². The van der Waals surface area contributed by atoms with Gasteiger partial charge in [-0.1, -0.05) is 0 Å². The van der Waals surface area contributed by atoms with Crippen LogP contribution in [0.1, 0.15) is 0 Å². The molecule has 2 aliphatic heterocycles. The van der Waals surface area contributed by atoms with E-state index in [-0.39, 0.29) is 0 Å². The highest BCUT2D eigenvalue weighted by Crippen LogP contribution is 2.30. The average molecular weight is 582 g/mol. The third kappa shape index (κ3) is 8.68. The lowest BCUT2D eigenvalue weighted by Crippen LogP contribution is -2.68. The van der Waals surface area contributed by atoms with Crippen molar-refractivity contribution in [3.05, 3.63) is 0 Å². The van der Waals surface area contributed by atoms with Crippen LogP contribution in [-0.2, 0) is 53.7 Å². The van der Waals surface area contributed by atoms with Crippen molar-refractivity contribution in [2.45, 2.75) is 61.3 Å². The number of hydrogen-bond acceptors (Lipinski definition) is 16. The third-order valence-electron chi connectivity index (χ3n) is 4.71. The molecule has 0 amide bonds. The van der Waals surface area contributed by atoms with Crippen molar-refractivity contribution in [3.63, 3.8) is 0 Å². The van der Waals surface area contributed by atoms with Gasteiger partial charge < -0.3 is 39.7 Å². The molecule has 0 unspecified atom stereocenters. The van der Waals surface area contributed by atoms with Gasteiger partial charge in [-0.3, -0.25) is 13.7 Å². The Morgan fingerprint density at radius 1 is 0.771 bits per heavy atom. The Hall–Kier alpha value is -0.710. The summed E-state index contributed by atoms with van der Waals surface area (Å²) in [6, 6.07) is -2.11. The van der Waals surface area contributed by atoms with Crippen LogP contribution >= 0.6 is 0 Å². The second kappa shape index (κ2) is 11.4. The van der Waals surface area contributed by atoms with Gasteiger partial charge in [0.05, 0.1) is 13.2 Å². The highest BCUT2D eigenvalue weighted by Gasteiger charge is 2.53. The maximum absolute atomic E-state index is 11.3. The van der Waals surface area contributed by atoms with Gasteiger partial charge in [0, 0.05) is 0 Å². The second-order valence-corrected chi connectivity index (χ2v) is 10.5. The van der Waals surface area contributed by atoms with Crippen molar-refractivity contribution in [2.24, 2.45) is 0 Å². The van der Waals surface area contributed by atoms with Crippen molar-refractivity contribution in [1.82, 2.24) is 4.72 Å². The van der Waals surface area contributed by atoms with Crippen LogP contribution in [0.5, 0.6) is 0 Å². The molecule has 2 aliphatic rings. The van der Waals surface area contributed by atoms with Crippen LogP contribution in [0.4, 0.5) is 0 Å². The molecule has 10 atom stereocenters. The van der Waals surface area contributed by atoms with E-state index in [2.05, 4.69) is 8.37 Å². The predicted octanol–water partition coefficient (Wildman–Crippen LogP) is -6.34. The molecule has 0 aromatic rings. The van der Waals surface area contributed by atoms with Crippen molar-refractivity contribution >= 4 is 31.1 Å². The van der Waals surface area contributed by atoms with Crippen molar-refractivity contribution in [3.8, 4) is 0 Å². The summed E-state index contributed by atoms with van der Waals surface area (Å²) in [7, 11) is -15.5. The monoisotopic (exact) mass is 581 g/mol. The summed E-state index contributed by atoms with van der Waals surface area (Å²) in [6.07, 6.45) is -18.9. The van der Waals surface area contributed by atoms with Crippen LogP contribution in [0.25, 0.3) is 0 Å². The van der Waals surface area contributed by atoms with E-state index < -0.39 is 106 Å². The molecule has 0 radical (unpaired) electrons. The number of hydrogen-bond donors (Lipinski definition) is 9. The largest absolute Gasteiger partial charge is 0.397 e. The fourth-order valence-corrected chi connectivity index (χ4v) is 4.65. The zero-order chi connectivity index (χ0) is 26.9. The van der Waals surface area contributed by atoms with Crippen molar-refractivity contribution in [2.75, 3.05) is 13.2 Å². The minimum atomic E-state index is -5.30. The van der Waals surface area contributed by atoms with E-state index in [1.807, 2.05) is 0 Å². The van der Waals surface area contributed by atoms with Crippen LogP contribution in [0, 0.1) is 0 Å². The Bertz CT molecular complexity index is 1030. The number of nitrogens with one attached hydrogen (secondary N) is 1. The standard InChI is InChI=1S/C12H23NO19S3/c14-1-3-9(8(17)10(11(18)29-3)32-35(25,26)27)31-12-5(13-33(19,20)21)7(16)6(15)4(30-12)2-28-34(22,23)24/h3-18H,1-2H2,(H,19,20,21)(H,22,23,24)(H,25,26,27)/t3-,4-,5-,6-,7-,8+,9-,10-,11-,12-/m1/s1. The van der Waals surface area contributed by atoms with E-state index in [0.717, 1.165) is 0 Å². The van der Waals surface area contributed by atoms with Gasteiger partial charge in [0.1, 0.15) is 42.7 Å². The normalized spacial score (nSPS) is 39.4. The van der Waals surface area contributed by atoms with Gasteiger partial charge in [-0.05, 0) is 0 Å². The van der Waals surface area contributed by atoms with E-state index in [4.69, 9.17) is 27.9 Å². The molecule has 208 valence electrons. The van der Waals surface area contributed by atoms with Gasteiger partial charge in [0.2, 0.25) is 0 Å². The summed E-state index contributed by atoms with van der Waals surface area (Å²) < 4.78 is 118. The Kier molecular flexibility index (Phi) is 9.90. The minimum absolute atomic E-state index is 1.04. The lowest BCUT2D eigenvalue weighted by Gasteiger charge is -2.46. The lowest BCUT2D eigenvalue weighted by molar-refractivity contribution is -0.337. The molecule has 0 spiro atoms. The Morgan fingerprint density at radius 2 is 1.37 bits per heavy atom. The molecule has 20 nitrogen and oxygen atoms in total. The predicted molar refractivity (Wildman–Crippen MR) is 102 cm³/mol. The smallest absolute Gasteiger partial charge is 0.394 e. The number of rotatable bonds is 10. The highest BCUT2D eigenvalue weighted by atomic mass is 32.3. The minimum Gasteiger partial charge on any atom is -0.394 e. The molecule has 0 aromatic carbocycles. The maximum atomic E-state index is 11.3. The van der Waals surface area contributed by atoms with Gasteiger partial charge in [-0.15, -0.1) is 0 Å².